The summed E-state index contributed by atoms with van der Waals surface area (Å²) in [7, 11) is 0. The maximum absolute atomic E-state index is 15.1. The van der Waals surface area contributed by atoms with Gasteiger partial charge in [-0.05, 0) is 48.0 Å². The quantitative estimate of drug-likeness (QED) is 0.328. The van der Waals surface area contributed by atoms with E-state index in [0.29, 0.717) is 59.1 Å². The van der Waals surface area contributed by atoms with Gasteiger partial charge in [0.1, 0.15) is 11.6 Å². The first kappa shape index (κ1) is 24.3. The monoisotopic (exact) mass is 499 g/mol. The van der Waals surface area contributed by atoms with Crippen LogP contribution < -0.4 is 21.3 Å². The Labute approximate surface area is 213 Å². The van der Waals surface area contributed by atoms with E-state index in [0.717, 1.165) is 12.4 Å². The maximum Gasteiger partial charge on any atom is 0.247 e. The molecule has 0 spiro atoms. The Bertz CT molecular complexity index is 1440. The van der Waals surface area contributed by atoms with Crippen LogP contribution in [0.15, 0.2) is 73.6 Å². The molecule has 9 nitrogen and oxygen atoms in total. The summed E-state index contributed by atoms with van der Waals surface area (Å²) in [6.07, 6.45) is 4.51. The second-order valence-corrected chi connectivity index (χ2v) is 8.52. The van der Waals surface area contributed by atoms with Crippen molar-refractivity contribution >= 4 is 40.0 Å². The van der Waals surface area contributed by atoms with Gasteiger partial charge in [-0.15, -0.1) is 0 Å². The minimum absolute atomic E-state index is 0.0841. The van der Waals surface area contributed by atoms with Crippen molar-refractivity contribution in [3.05, 3.63) is 79.4 Å². The molecule has 188 valence electrons. The van der Waals surface area contributed by atoms with E-state index in [-0.39, 0.29) is 11.9 Å². The smallest absolute Gasteiger partial charge is 0.247 e. The lowest BCUT2D eigenvalue weighted by atomic mass is 10.0. The standard InChI is InChI=1S/C27H26FN7O2/c1-2-24(36)32-19-5-3-4-17(12-19)25-22(28)8-6-18-14-31-27(34-26(18)25)33-20-7-9-23(30-15-20)35-10-11-37-16-21(35)13-29/h2-9,12,14-15,21H,1,10-11,13,16,29H2,(H,32,36)(H,31,33,34)/t21-/m0/s1. The number of morpholine rings is 1. The number of halogens is 1. The van der Waals surface area contributed by atoms with E-state index < -0.39 is 5.82 Å². The molecule has 0 aliphatic carbocycles. The second kappa shape index (κ2) is 10.7. The number of rotatable bonds is 7. The van der Waals surface area contributed by atoms with Gasteiger partial charge in [0.15, 0.2) is 0 Å². The van der Waals surface area contributed by atoms with Gasteiger partial charge in [-0.1, -0.05) is 18.7 Å². The van der Waals surface area contributed by atoms with Crippen LogP contribution >= 0.6 is 0 Å². The van der Waals surface area contributed by atoms with Gasteiger partial charge in [0.2, 0.25) is 11.9 Å². The van der Waals surface area contributed by atoms with Gasteiger partial charge in [-0.25, -0.2) is 19.3 Å². The average molecular weight is 500 g/mol. The Morgan fingerprint density at radius 1 is 1.19 bits per heavy atom. The van der Waals surface area contributed by atoms with Gasteiger partial charge < -0.3 is 26.0 Å². The highest BCUT2D eigenvalue weighted by atomic mass is 19.1. The van der Waals surface area contributed by atoms with E-state index >= 15 is 4.39 Å². The minimum atomic E-state index is -0.435. The number of nitrogens with two attached hydrogens (primary N) is 1. The SMILES string of the molecule is C=CC(=O)Nc1cccc(-c2c(F)ccc3cnc(Nc4ccc(N5CCOC[C@@H]5CN)nc4)nc23)c1. The van der Waals surface area contributed by atoms with Crippen LogP contribution in [0.25, 0.3) is 22.0 Å². The zero-order valence-corrected chi connectivity index (χ0v) is 20.0. The molecule has 1 saturated heterocycles. The third-order valence-corrected chi connectivity index (χ3v) is 6.10. The fourth-order valence-electron chi connectivity index (χ4n) is 4.26. The summed E-state index contributed by atoms with van der Waals surface area (Å²) in [5, 5.41) is 6.53. The highest BCUT2D eigenvalue weighted by Crippen LogP contribution is 2.32. The lowest BCUT2D eigenvalue weighted by molar-refractivity contribution is -0.111. The fraction of sp³-hybridized carbons (Fsp3) is 0.185. The molecule has 5 rings (SSSR count). The molecule has 37 heavy (non-hydrogen) atoms. The van der Waals surface area contributed by atoms with Crippen LogP contribution in [0.5, 0.6) is 0 Å². The third kappa shape index (κ3) is 5.25. The number of fused-ring (bicyclic) bond motifs is 1. The second-order valence-electron chi connectivity index (χ2n) is 8.52. The molecular formula is C27H26FN7O2. The minimum Gasteiger partial charge on any atom is -0.377 e. The summed E-state index contributed by atoms with van der Waals surface area (Å²) in [4.78, 5) is 27.4. The van der Waals surface area contributed by atoms with Crippen LogP contribution in [-0.2, 0) is 9.53 Å². The molecule has 4 aromatic rings. The number of pyridine rings is 1. The topological polar surface area (TPSA) is 118 Å². The lowest BCUT2D eigenvalue weighted by Gasteiger charge is -2.35. The number of carbonyl (C=O) groups is 1. The molecule has 4 N–H and O–H groups in total. The van der Waals surface area contributed by atoms with Crippen LogP contribution in [0, 0.1) is 5.82 Å². The normalized spacial score (nSPS) is 15.4. The Morgan fingerprint density at radius 2 is 2.08 bits per heavy atom. The first-order chi connectivity index (χ1) is 18.1. The summed E-state index contributed by atoms with van der Waals surface area (Å²) in [6, 6.07) is 13.8. The summed E-state index contributed by atoms with van der Waals surface area (Å²) in [5.74, 6) is 0.333. The van der Waals surface area contributed by atoms with Gasteiger partial charge in [0, 0.05) is 35.9 Å². The molecular weight excluding hydrogens is 473 g/mol. The van der Waals surface area contributed by atoms with Crippen molar-refractivity contribution in [3.63, 3.8) is 0 Å². The number of hydrogen-bond acceptors (Lipinski definition) is 8. The molecule has 10 heteroatoms. The summed E-state index contributed by atoms with van der Waals surface area (Å²) in [6.45, 7) is 5.87. The third-order valence-electron chi connectivity index (χ3n) is 6.10. The van der Waals surface area contributed by atoms with Gasteiger partial charge >= 0.3 is 0 Å². The van der Waals surface area contributed by atoms with Crippen molar-refractivity contribution in [1.82, 2.24) is 15.0 Å². The van der Waals surface area contributed by atoms with Crippen molar-refractivity contribution in [3.8, 4) is 11.1 Å². The molecule has 1 aliphatic rings. The molecule has 0 bridgehead atoms. The Morgan fingerprint density at radius 3 is 2.86 bits per heavy atom. The van der Waals surface area contributed by atoms with E-state index in [1.165, 1.54) is 12.1 Å². The lowest BCUT2D eigenvalue weighted by Crippen LogP contribution is -2.49. The molecule has 0 unspecified atom stereocenters. The number of nitrogens with one attached hydrogen (secondary N) is 2. The van der Waals surface area contributed by atoms with E-state index in [4.69, 9.17) is 10.5 Å². The largest absolute Gasteiger partial charge is 0.377 e. The van der Waals surface area contributed by atoms with Crippen molar-refractivity contribution in [2.24, 2.45) is 5.73 Å². The molecule has 1 aliphatic heterocycles. The molecule has 2 aromatic heterocycles. The van der Waals surface area contributed by atoms with Crippen LogP contribution in [0.3, 0.4) is 0 Å². The van der Waals surface area contributed by atoms with Crippen molar-refractivity contribution in [1.29, 1.82) is 0 Å². The highest BCUT2D eigenvalue weighted by Gasteiger charge is 2.23. The highest BCUT2D eigenvalue weighted by molar-refractivity contribution is 6.00. The van der Waals surface area contributed by atoms with Gasteiger partial charge in [0.25, 0.3) is 0 Å². The number of hydrogen-bond donors (Lipinski definition) is 3. The van der Waals surface area contributed by atoms with Crippen LogP contribution in [0.4, 0.5) is 27.5 Å². The summed E-state index contributed by atoms with van der Waals surface area (Å²) in [5.41, 5.74) is 8.41. The predicted molar refractivity (Wildman–Crippen MR) is 142 cm³/mol. The van der Waals surface area contributed by atoms with Crippen LogP contribution in [0.2, 0.25) is 0 Å². The van der Waals surface area contributed by atoms with Gasteiger partial charge in [0.05, 0.1) is 36.7 Å². The Kier molecular flexibility index (Phi) is 7.02. The number of amides is 1. The average Bonchev–Trinajstić information content (AvgIpc) is 2.93. The number of anilines is 4. The number of nitrogens with zero attached hydrogens (tertiary/aromatic N) is 4. The first-order valence-electron chi connectivity index (χ1n) is 11.8. The zero-order valence-electron chi connectivity index (χ0n) is 20.0. The Balaban J connectivity index is 1.44. The van der Waals surface area contributed by atoms with Crippen molar-refractivity contribution in [2.45, 2.75) is 6.04 Å². The molecule has 2 aromatic carbocycles. The number of benzene rings is 2. The van der Waals surface area contributed by atoms with Gasteiger partial charge in [-0.2, -0.15) is 0 Å². The molecule has 3 heterocycles. The molecule has 1 amide bonds. The van der Waals surface area contributed by atoms with Crippen LogP contribution in [-0.4, -0.2) is 53.2 Å². The molecule has 0 saturated carbocycles. The molecule has 0 radical (unpaired) electrons. The first-order valence-corrected chi connectivity index (χ1v) is 11.8. The molecule has 1 atom stereocenters. The van der Waals surface area contributed by atoms with Crippen molar-refractivity contribution in [2.75, 3.05) is 41.8 Å². The zero-order chi connectivity index (χ0) is 25.8. The summed E-state index contributed by atoms with van der Waals surface area (Å²) < 4.78 is 20.6. The van der Waals surface area contributed by atoms with E-state index in [2.05, 4.69) is 37.1 Å². The maximum atomic E-state index is 15.1. The number of aromatic nitrogens is 3. The van der Waals surface area contributed by atoms with Gasteiger partial charge in [-0.3, -0.25) is 4.79 Å². The van der Waals surface area contributed by atoms with Crippen molar-refractivity contribution < 1.29 is 13.9 Å². The van der Waals surface area contributed by atoms with E-state index in [9.17, 15) is 4.79 Å². The number of ether oxygens (including phenoxy) is 1. The predicted octanol–water partition coefficient (Wildman–Crippen LogP) is 3.86. The summed E-state index contributed by atoms with van der Waals surface area (Å²) >= 11 is 0. The number of carbonyl (C=O) groups excluding carboxylic acids is 1. The molecule has 1 fully saturated rings. The fourth-order valence-corrected chi connectivity index (χ4v) is 4.26. The van der Waals surface area contributed by atoms with E-state index in [1.54, 1.807) is 42.7 Å². The Hall–Kier alpha value is -4.41. The van der Waals surface area contributed by atoms with Crippen LogP contribution in [0.1, 0.15) is 0 Å². The van der Waals surface area contributed by atoms with E-state index in [1.807, 2.05) is 12.1 Å².